The lowest BCUT2D eigenvalue weighted by atomic mass is 10.2. The number of halogens is 1. The summed E-state index contributed by atoms with van der Waals surface area (Å²) in [7, 11) is 0. The van der Waals surface area contributed by atoms with Crippen LogP contribution in [0.4, 0.5) is 11.5 Å². The molecular formula is C12H9ClN6OS. The molecule has 21 heavy (non-hydrogen) atoms. The van der Waals surface area contributed by atoms with Gasteiger partial charge in [-0.3, -0.25) is 4.79 Å². The number of carbonyl (C=O) groups excluding carboxylic acids is 1. The third kappa shape index (κ3) is 2.64. The molecule has 0 fully saturated rings. The minimum atomic E-state index is -0.408. The Morgan fingerprint density at radius 1 is 1.24 bits per heavy atom. The number of fused-ring (bicyclic) bond motifs is 1. The Bertz CT molecular complexity index is 820. The van der Waals surface area contributed by atoms with Gasteiger partial charge in [0.15, 0.2) is 0 Å². The fraction of sp³-hybridized carbons (Fsp3) is 0. The first-order chi connectivity index (χ1) is 10.2. The van der Waals surface area contributed by atoms with E-state index in [2.05, 4.69) is 24.5 Å². The van der Waals surface area contributed by atoms with E-state index in [1.54, 1.807) is 30.3 Å². The highest BCUT2D eigenvalue weighted by Gasteiger charge is 2.15. The number of rotatable bonds is 3. The number of nitrogens with one attached hydrogen (secondary N) is 2. The van der Waals surface area contributed by atoms with Gasteiger partial charge in [0.1, 0.15) is 22.5 Å². The molecule has 2 heterocycles. The third-order valence-corrected chi connectivity index (χ3v) is 3.60. The van der Waals surface area contributed by atoms with Crippen molar-refractivity contribution in [3.8, 4) is 0 Å². The van der Waals surface area contributed by atoms with E-state index in [0.29, 0.717) is 27.6 Å². The Hall–Kier alpha value is -2.29. The van der Waals surface area contributed by atoms with Gasteiger partial charge in [0.2, 0.25) is 0 Å². The first-order valence-corrected chi connectivity index (χ1v) is 6.95. The number of hydrogen-bond acceptors (Lipinski definition) is 7. The number of nitrogens with zero attached hydrogens (tertiary/aromatic N) is 3. The number of aromatic nitrogens is 3. The summed E-state index contributed by atoms with van der Waals surface area (Å²) in [4.78, 5) is 16.3. The number of anilines is 2. The Labute approximate surface area is 128 Å². The van der Waals surface area contributed by atoms with Gasteiger partial charge in [-0.2, -0.15) is 8.75 Å². The van der Waals surface area contributed by atoms with Crippen molar-refractivity contribution in [1.82, 2.24) is 13.7 Å². The molecule has 1 aromatic carbocycles. The van der Waals surface area contributed by atoms with Gasteiger partial charge in [0.25, 0.3) is 5.91 Å². The van der Waals surface area contributed by atoms with E-state index in [1.165, 1.54) is 0 Å². The van der Waals surface area contributed by atoms with Crippen LogP contribution < -0.4 is 16.6 Å². The lowest BCUT2D eigenvalue weighted by molar-refractivity contribution is 0.102. The second-order valence-electron chi connectivity index (χ2n) is 4.06. The number of pyridine rings is 1. The summed E-state index contributed by atoms with van der Waals surface area (Å²) in [5, 5.41) is 3.09. The molecule has 0 aliphatic heterocycles. The molecule has 106 valence electrons. The summed E-state index contributed by atoms with van der Waals surface area (Å²) < 4.78 is 8.24. The van der Waals surface area contributed by atoms with Crippen molar-refractivity contribution in [2.45, 2.75) is 0 Å². The maximum absolute atomic E-state index is 12.3. The lowest BCUT2D eigenvalue weighted by Gasteiger charge is -2.08. The van der Waals surface area contributed by atoms with Gasteiger partial charge < -0.3 is 10.7 Å². The van der Waals surface area contributed by atoms with Crippen LogP contribution >= 0.6 is 23.3 Å². The van der Waals surface area contributed by atoms with Gasteiger partial charge in [-0.05, 0) is 24.3 Å². The van der Waals surface area contributed by atoms with Gasteiger partial charge in [0, 0.05) is 0 Å². The molecule has 0 bridgehead atoms. The van der Waals surface area contributed by atoms with Gasteiger partial charge in [-0.15, -0.1) is 0 Å². The zero-order chi connectivity index (χ0) is 14.8. The number of hydrogen-bond donors (Lipinski definition) is 3. The van der Waals surface area contributed by atoms with Crippen molar-refractivity contribution in [3.05, 3.63) is 41.0 Å². The van der Waals surface area contributed by atoms with Crippen molar-refractivity contribution in [1.29, 1.82) is 0 Å². The van der Waals surface area contributed by atoms with Crippen LogP contribution in [0.5, 0.6) is 0 Å². The van der Waals surface area contributed by atoms with Crippen LogP contribution in [0.2, 0.25) is 5.02 Å². The van der Waals surface area contributed by atoms with Crippen LogP contribution in [0.15, 0.2) is 30.3 Å². The van der Waals surface area contributed by atoms with Crippen molar-refractivity contribution in [3.63, 3.8) is 0 Å². The fourth-order valence-corrected chi connectivity index (χ4v) is 2.51. The van der Waals surface area contributed by atoms with E-state index in [9.17, 15) is 4.79 Å². The molecule has 4 N–H and O–H groups in total. The number of benzene rings is 1. The Morgan fingerprint density at radius 2 is 2.10 bits per heavy atom. The van der Waals surface area contributed by atoms with Gasteiger partial charge >= 0.3 is 0 Å². The van der Waals surface area contributed by atoms with Crippen LogP contribution in [0.3, 0.4) is 0 Å². The number of amides is 1. The molecule has 0 radical (unpaired) electrons. The predicted octanol–water partition coefficient (Wildman–Crippen LogP) is 2.28. The fourth-order valence-electron chi connectivity index (χ4n) is 1.76. The second-order valence-corrected chi connectivity index (χ2v) is 5.00. The standard InChI is InChI=1S/C12H9ClN6OS/c13-6-4-5-7-11(19-21-18-7)10(6)16-12(20)8-2-1-3-9(15-8)17-14/h1-5H,14H2,(H,15,17)(H,16,20). The zero-order valence-corrected chi connectivity index (χ0v) is 12.1. The quantitative estimate of drug-likeness (QED) is 0.505. The summed E-state index contributed by atoms with van der Waals surface area (Å²) in [6.07, 6.45) is 0. The molecule has 3 rings (SSSR count). The minimum absolute atomic E-state index is 0.210. The van der Waals surface area contributed by atoms with Crippen molar-refractivity contribution >= 4 is 51.8 Å². The highest BCUT2D eigenvalue weighted by Crippen LogP contribution is 2.30. The molecule has 3 aromatic rings. The third-order valence-electron chi connectivity index (χ3n) is 2.75. The van der Waals surface area contributed by atoms with Crippen LogP contribution in [-0.2, 0) is 0 Å². The highest BCUT2D eigenvalue weighted by atomic mass is 35.5. The summed E-state index contributed by atoms with van der Waals surface area (Å²) in [5.74, 6) is 5.26. The molecule has 0 spiro atoms. The molecule has 0 saturated heterocycles. The molecule has 0 unspecified atom stereocenters. The topological polar surface area (TPSA) is 106 Å². The molecule has 0 aliphatic carbocycles. The van der Waals surface area contributed by atoms with Gasteiger partial charge in [-0.25, -0.2) is 10.8 Å². The average Bonchev–Trinajstić information content (AvgIpc) is 2.99. The van der Waals surface area contributed by atoms with E-state index in [1.807, 2.05) is 0 Å². The summed E-state index contributed by atoms with van der Waals surface area (Å²) in [6, 6.07) is 8.29. The van der Waals surface area contributed by atoms with Crippen LogP contribution in [-0.4, -0.2) is 19.6 Å². The largest absolute Gasteiger partial charge is 0.317 e. The van der Waals surface area contributed by atoms with Crippen LogP contribution in [0.25, 0.3) is 11.0 Å². The van der Waals surface area contributed by atoms with E-state index in [4.69, 9.17) is 17.4 Å². The Morgan fingerprint density at radius 3 is 2.90 bits per heavy atom. The van der Waals surface area contributed by atoms with Crippen molar-refractivity contribution < 1.29 is 4.79 Å². The lowest BCUT2D eigenvalue weighted by Crippen LogP contribution is -2.16. The molecule has 2 aromatic heterocycles. The summed E-state index contributed by atoms with van der Waals surface area (Å²) >= 11 is 7.17. The summed E-state index contributed by atoms with van der Waals surface area (Å²) in [5.41, 5.74) is 4.23. The molecule has 9 heteroatoms. The number of nitrogens with two attached hydrogens (primary N) is 1. The Balaban J connectivity index is 1.96. The van der Waals surface area contributed by atoms with Gasteiger partial charge in [0.05, 0.1) is 22.4 Å². The first kappa shape index (κ1) is 13.7. The molecule has 1 amide bonds. The normalized spacial score (nSPS) is 10.6. The summed E-state index contributed by atoms with van der Waals surface area (Å²) in [6.45, 7) is 0. The molecule has 0 saturated carbocycles. The predicted molar refractivity (Wildman–Crippen MR) is 82.4 cm³/mol. The van der Waals surface area contributed by atoms with Gasteiger partial charge in [-0.1, -0.05) is 17.7 Å². The SMILES string of the molecule is NNc1cccc(C(=O)Nc2c(Cl)ccc3nsnc23)n1. The highest BCUT2D eigenvalue weighted by molar-refractivity contribution is 7.00. The van der Waals surface area contributed by atoms with Crippen LogP contribution in [0, 0.1) is 0 Å². The smallest absolute Gasteiger partial charge is 0.274 e. The van der Waals surface area contributed by atoms with Crippen LogP contribution in [0.1, 0.15) is 10.5 Å². The number of hydrazine groups is 1. The van der Waals surface area contributed by atoms with Crippen molar-refractivity contribution in [2.24, 2.45) is 5.84 Å². The first-order valence-electron chi connectivity index (χ1n) is 5.85. The minimum Gasteiger partial charge on any atom is -0.317 e. The molecular weight excluding hydrogens is 312 g/mol. The monoisotopic (exact) mass is 320 g/mol. The average molecular weight is 321 g/mol. The van der Waals surface area contributed by atoms with E-state index in [0.717, 1.165) is 11.7 Å². The maximum atomic E-state index is 12.3. The van der Waals surface area contributed by atoms with Crippen molar-refractivity contribution in [2.75, 3.05) is 10.7 Å². The Kier molecular flexibility index (Phi) is 3.65. The number of carbonyl (C=O) groups is 1. The molecule has 0 aliphatic rings. The maximum Gasteiger partial charge on any atom is 0.274 e. The second kappa shape index (κ2) is 5.60. The van der Waals surface area contributed by atoms with E-state index >= 15 is 0 Å². The molecule has 0 atom stereocenters. The van der Waals surface area contributed by atoms with E-state index < -0.39 is 5.91 Å². The molecule has 7 nitrogen and oxygen atoms in total. The van der Waals surface area contributed by atoms with E-state index in [-0.39, 0.29) is 5.69 Å². The zero-order valence-electron chi connectivity index (χ0n) is 10.5. The number of nitrogen functional groups attached to an aromatic ring is 1.